The fourth-order valence-electron chi connectivity index (χ4n) is 2.11. The number of thiazole rings is 1. The second-order valence-electron chi connectivity index (χ2n) is 4.95. The monoisotopic (exact) mass is 351 g/mol. The van der Waals surface area contributed by atoms with Gasteiger partial charge in [-0.1, -0.05) is 0 Å². The largest absolute Gasteiger partial charge is 0.497 e. The third kappa shape index (κ3) is 4.44. The lowest BCUT2D eigenvalue weighted by molar-refractivity contribution is -0.118. The predicted octanol–water partition coefficient (Wildman–Crippen LogP) is 2.13. The molecule has 7 nitrogen and oxygen atoms in total. The highest BCUT2D eigenvalue weighted by Gasteiger charge is 2.15. The molecule has 0 spiro atoms. The SMILES string of the molecule is COc1ccc(OC)c(-c2csc(NC(=O)CC(CN)OC)n2)c1. The number of nitrogens with zero attached hydrogens (tertiary/aromatic N) is 1. The van der Waals surface area contributed by atoms with E-state index >= 15 is 0 Å². The second kappa shape index (κ2) is 8.62. The Kier molecular flexibility index (Phi) is 6.53. The van der Waals surface area contributed by atoms with Crippen molar-refractivity contribution < 1.29 is 19.0 Å². The van der Waals surface area contributed by atoms with Crippen LogP contribution in [0.15, 0.2) is 23.6 Å². The van der Waals surface area contributed by atoms with E-state index in [1.54, 1.807) is 14.2 Å². The zero-order valence-electron chi connectivity index (χ0n) is 13.9. The van der Waals surface area contributed by atoms with Crippen LogP contribution in [-0.2, 0) is 9.53 Å². The van der Waals surface area contributed by atoms with Crippen LogP contribution in [0.25, 0.3) is 11.3 Å². The van der Waals surface area contributed by atoms with Gasteiger partial charge in [-0.15, -0.1) is 11.3 Å². The second-order valence-corrected chi connectivity index (χ2v) is 5.81. The lowest BCUT2D eigenvalue weighted by Crippen LogP contribution is -2.28. The van der Waals surface area contributed by atoms with Gasteiger partial charge in [0.1, 0.15) is 11.5 Å². The summed E-state index contributed by atoms with van der Waals surface area (Å²) in [7, 11) is 4.72. The minimum absolute atomic E-state index is 0.185. The molecule has 1 unspecified atom stereocenters. The molecule has 1 atom stereocenters. The van der Waals surface area contributed by atoms with Gasteiger partial charge in [-0.2, -0.15) is 0 Å². The molecular weight excluding hydrogens is 330 g/mol. The first-order chi connectivity index (χ1) is 11.6. The van der Waals surface area contributed by atoms with Gasteiger partial charge < -0.3 is 25.3 Å². The van der Waals surface area contributed by atoms with E-state index in [1.807, 2.05) is 23.6 Å². The Hall–Kier alpha value is -2.16. The van der Waals surface area contributed by atoms with Crippen molar-refractivity contribution in [3.8, 4) is 22.8 Å². The van der Waals surface area contributed by atoms with Gasteiger partial charge in [0, 0.05) is 24.6 Å². The summed E-state index contributed by atoms with van der Waals surface area (Å²) < 4.78 is 15.7. The fourth-order valence-corrected chi connectivity index (χ4v) is 2.84. The number of amides is 1. The lowest BCUT2D eigenvalue weighted by Gasteiger charge is -2.11. The van der Waals surface area contributed by atoms with Crippen LogP contribution in [0.2, 0.25) is 0 Å². The van der Waals surface area contributed by atoms with Crippen LogP contribution in [0, 0.1) is 0 Å². The van der Waals surface area contributed by atoms with E-state index in [9.17, 15) is 4.79 Å². The Morgan fingerprint density at radius 2 is 2.12 bits per heavy atom. The quantitative estimate of drug-likeness (QED) is 0.756. The van der Waals surface area contributed by atoms with E-state index in [1.165, 1.54) is 18.4 Å². The van der Waals surface area contributed by atoms with Gasteiger partial charge in [0.2, 0.25) is 5.91 Å². The molecule has 0 saturated carbocycles. The van der Waals surface area contributed by atoms with Gasteiger partial charge in [-0.3, -0.25) is 4.79 Å². The van der Waals surface area contributed by atoms with E-state index in [2.05, 4.69) is 10.3 Å². The highest BCUT2D eigenvalue weighted by atomic mass is 32.1. The molecule has 0 aliphatic carbocycles. The minimum Gasteiger partial charge on any atom is -0.497 e. The Labute approximate surface area is 144 Å². The predicted molar refractivity (Wildman–Crippen MR) is 93.8 cm³/mol. The van der Waals surface area contributed by atoms with Crippen molar-refractivity contribution in [3.63, 3.8) is 0 Å². The number of aromatic nitrogens is 1. The van der Waals surface area contributed by atoms with Crippen molar-refractivity contribution in [2.45, 2.75) is 12.5 Å². The molecule has 3 N–H and O–H groups in total. The molecule has 1 aromatic heterocycles. The summed E-state index contributed by atoms with van der Waals surface area (Å²) in [6.07, 6.45) is -0.118. The Bertz CT molecular complexity index is 686. The van der Waals surface area contributed by atoms with Crippen molar-refractivity contribution in [1.82, 2.24) is 4.98 Å². The molecule has 0 saturated heterocycles. The summed E-state index contributed by atoms with van der Waals surface area (Å²) in [4.78, 5) is 16.4. The van der Waals surface area contributed by atoms with E-state index in [0.717, 1.165) is 5.56 Å². The first-order valence-corrected chi connectivity index (χ1v) is 8.19. The summed E-state index contributed by atoms with van der Waals surface area (Å²) in [5.41, 5.74) is 7.02. The van der Waals surface area contributed by atoms with E-state index in [4.69, 9.17) is 19.9 Å². The summed E-state index contributed by atoms with van der Waals surface area (Å²) >= 11 is 1.34. The molecule has 0 fully saturated rings. The summed E-state index contributed by atoms with van der Waals surface area (Å²) in [5, 5.41) is 5.12. The molecule has 0 bridgehead atoms. The molecule has 8 heteroatoms. The van der Waals surface area contributed by atoms with Gasteiger partial charge in [0.25, 0.3) is 0 Å². The smallest absolute Gasteiger partial charge is 0.228 e. The molecule has 130 valence electrons. The number of carbonyl (C=O) groups is 1. The molecule has 1 amide bonds. The topological polar surface area (TPSA) is 95.7 Å². The first kappa shape index (κ1) is 18.2. The molecule has 1 heterocycles. The van der Waals surface area contributed by atoms with Crippen LogP contribution in [0.5, 0.6) is 11.5 Å². The highest BCUT2D eigenvalue weighted by Crippen LogP contribution is 2.35. The van der Waals surface area contributed by atoms with Gasteiger partial charge in [-0.25, -0.2) is 4.98 Å². The zero-order chi connectivity index (χ0) is 17.5. The standard InChI is InChI=1S/C16H21N3O4S/c1-21-10-4-5-14(23-3)12(6-10)13-9-24-16(18-13)19-15(20)7-11(8-17)22-2/h4-6,9,11H,7-8,17H2,1-3H3,(H,18,19,20). The average Bonchev–Trinajstić information content (AvgIpc) is 3.07. The van der Waals surface area contributed by atoms with E-state index in [0.29, 0.717) is 22.3 Å². The third-order valence-corrected chi connectivity index (χ3v) is 4.20. The number of nitrogens with two attached hydrogens (primary N) is 1. The maximum Gasteiger partial charge on any atom is 0.228 e. The zero-order valence-corrected chi connectivity index (χ0v) is 14.7. The molecule has 0 aliphatic heterocycles. The number of carbonyl (C=O) groups excluding carboxylic acids is 1. The molecule has 0 aliphatic rings. The van der Waals surface area contributed by atoms with Gasteiger partial charge >= 0.3 is 0 Å². The first-order valence-electron chi connectivity index (χ1n) is 7.31. The van der Waals surface area contributed by atoms with Crippen LogP contribution in [-0.4, -0.2) is 44.9 Å². The van der Waals surface area contributed by atoms with E-state index in [-0.39, 0.29) is 25.0 Å². The normalized spacial score (nSPS) is 11.8. The molecule has 0 radical (unpaired) electrons. The molecule has 2 aromatic rings. The van der Waals surface area contributed by atoms with Crippen LogP contribution in [0.1, 0.15) is 6.42 Å². The number of methoxy groups -OCH3 is 3. The number of nitrogens with one attached hydrogen (secondary N) is 1. The van der Waals surface area contributed by atoms with Crippen LogP contribution >= 0.6 is 11.3 Å². The van der Waals surface area contributed by atoms with Crippen LogP contribution in [0.4, 0.5) is 5.13 Å². The Morgan fingerprint density at radius 3 is 2.75 bits per heavy atom. The van der Waals surface area contributed by atoms with Crippen LogP contribution in [0.3, 0.4) is 0 Å². The number of hydrogen-bond donors (Lipinski definition) is 2. The average molecular weight is 351 g/mol. The van der Waals surface area contributed by atoms with Gasteiger partial charge in [0.05, 0.1) is 32.4 Å². The summed E-state index contributed by atoms with van der Waals surface area (Å²) in [6.45, 7) is 0.286. The van der Waals surface area contributed by atoms with Crippen LogP contribution < -0.4 is 20.5 Å². The Balaban J connectivity index is 2.14. The van der Waals surface area contributed by atoms with Gasteiger partial charge in [0.15, 0.2) is 5.13 Å². The van der Waals surface area contributed by atoms with Crippen molar-refractivity contribution in [2.75, 3.05) is 33.2 Å². The van der Waals surface area contributed by atoms with Crippen molar-refractivity contribution in [1.29, 1.82) is 0 Å². The molecule has 24 heavy (non-hydrogen) atoms. The number of ether oxygens (including phenoxy) is 3. The van der Waals surface area contributed by atoms with Gasteiger partial charge in [-0.05, 0) is 18.2 Å². The van der Waals surface area contributed by atoms with Crippen molar-refractivity contribution in [2.24, 2.45) is 5.73 Å². The molecule has 1 aromatic carbocycles. The Morgan fingerprint density at radius 1 is 1.33 bits per heavy atom. The minimum atomic E-state index is -0.303. The number of benzene rings is 1. The maximum absolute atomic E-state index is 12.0. The fraction of sp³-hybridized carbons (Fsp3) is 0.375. The maximum atomic E-state index is 12.0. The van der Waals surface area contributed by atoms with Crippen molar-refractivity contribution in [3.05, 3.63) is 23.6 Å². The number of anilines is 1. The number of rotatable bonds is 8. The third-order valence-electron chi connectivity index (χ3n) is 3.44. The summed E-state index contributed by atoms with van der Waals surface area (Å²) in [6, 6.07) is 5.47. The van der Waals surface area contributed by atoms with Crippen molar-refractivity contribution >= 4 is 22.4 Å². The molecular formula is C16H21N3O4S. The number of hydrogen-bond acceptors (Lipinski definition) is 7. The molecule has 2 rings (SSSR count). The summed E-state index contributed by atoms with van der Waals surface area (Å²) in [5.74, 6) is 1.20. The lowest BCUT2D eigenvalue weighted by atomic mass is 10.1. The highest BCUT2D eigenvalue weighted by molar-refractivity contribution is 7.14. The van der Waals surface area contributed by atoms with E-state index < -0.39 is 0 Å².